The van der Waals surface area contributed by atoms with Gasteiger partial charge in [0.1, 0.15) is 0 Å². The van der Waals surface area contributed by atoms with Gasteiger partial charge in [0.2, 0.25) is 0 Å². The largest absolute Gasteiger partial charge is 0.198 e. The monoisotopic (exact) mass is 285 g/mol. The van der Waals surface area contributed by atoms with Gasteiger partial charge in [-0.2, -0.15) is 5.26 Å². The van der Waals surface area contributed by atoms with Gasteiger partial charge in [-0.05, 0) is 44.4 Å². The van der Waals surface area contributed by atoms with Gasteiger partial charge in [0.25, 0.3) is 0 Å². The Morgan fingerprint density at radius 1 is 1.57 bits per heavy atom. The van der Waals surface area contributed by atoms with E-state index in [4.69, 9.17) is 16.9 Å². The van der Waals surface area contributed by atoms with Crippen LogP contribution < -0.4 is 0 Å². The molecule has 1 aromatic heterocycles. The number of hydrogen-bond donors (Lipinski definition) is 0. The van der Waals surface area contributed by atoms with Gasteiger partial charge in [-0.3, -0.25) is 0 Å². The van der Waals surface area contributed by atoms with Crippen molar-refractivity contribution >= 4 is 49.0 Å². The Kier molecular flexibility index (Phi) is 2.78. The molecule has 2 aromatic rings. The third-order valence-electron chi connectivity index (χ3n) is 1.97. The molecule has 14 heavy (non-hydrogen) atoms. The molecule has 0 unspecified atom stereocenters. The topological polar surface area (TPSA) is 23.8 Å². The van der Waals surface area contributed by atoms with Crippen LogP contribution in [0.1, 0.15) is 5.56 Å². The van der Waals surface area contributed by atoms with Gasteiger partial charge in [-0.1, -0.05) is 11.6 Å². The molecule has 0 saturated heterocycles. The number of fused-ring (bicyclic) bond motifs is 1. The minimum absolute atomic E-state index is 0.350. The summed E-state index contributed by atoms with van der Waals surface area (Å²) in [5, 5.41) is 12.4. The van der Waals surface area contributed by atoms with Gasteiger partial charge in [0, 0.05) is 4.70 Å². The van der Waals surface area contributed by atoms with Crippen molar-refractivity contribution in [2.75, 3.05) is 0 Å². The SMILES string of the molecule is N#CCc1cc2ccsc2c(Br)c1Cl. The highest BCUT2D eigenvalue weighted by atomic mass is 79.9. The van der Waals surface area contributed by atoms with E-state index in [0.717, 1.165) is 20.1 Å². The highest BCUT2D eigenvalue weighted by molar-refractivity contribution is 9.10. The van der Waals surface area contributed by atoms with Crippen LogP contribution in [0, 0.1) is 11.3 Å². The zero-order valence-corrected chi connectivity index (χ0v) is 10.2. The van der Waals surface area contributed by atoms with Crippen LogP contribution in [-0.4, -0.2) is 0 Å². The Hall–Kier alpha value is -0.560. The van der Waals surface area contributed by atoms with Gasteiger partial charge in [0.15, 0.2) is 0 Å². The first-order chi connectivity index (χ1) is 6.74. The van der Waals surface area contributed by atoms with E-state index in [2.05, 4.69) is 22.0 Å². The minimum atomic E-state index is 0.350. The summed E-state index contributed by atoms with van der Waals surface area (Å²) in [6.45, 7) is 0. The van der Waals surface area contributed by atoms with Gasteiger partial charge in [-0.25, -0.2) is 0 Å². The normalized spacial score (nSPS) is 10.4. The molecule has 0 atom stereocenters. The highest BCUT2D eigenvalue weighted by Gasteiger charge is 2.10. The second-order valence-corrected chi connectivity index (χ2v) is 4.92. The molecule has 0 aliphatic heterocycles. The van der Waals surface area contributed by atoms with E-state index < -0.39 is 0 Å². The predicted molar refractivity (Wildman–Crippen MR) is 63.9 cm³/mol. The minimum Gasteiger partial charge on any atom is -0.198 e. The quantitative estimate of drug-likeness (QED) is 0.763. The number of nitrogens with zero attached hydrogens (tertiary/aromatic N) is 1. The molecule has 0 fully saturated rings. The summed E-state index contributed by atoms with van der Waals surface area (Å²) in [6.07, 6.45) is 0.350. The van der Waals surface area contributed by atoms with Crippen LogP contribution in [0.5, 0.6) is 0 Å². The average molecular weight is 287 g/mol. The van der Waals surface area contributed by atoms with Crippen molar-refractivity contribution in [2.45, 2.75) is 6.42 Å². The standard InChI is InChI=1S/C10H5BrClNS/c11-8-9(12)6(1-3-13)5-7-2-4-14-10(7)8/h2,4-5H,1H2. The predicted octanol–water partition coefficient (Wildman–Crippen LogP) is 4.38. The third-order valence-corrected chi connectivity index (χ3v) is 4.63. The average Bonchev–Trinajstić information content (AvgIpc) is 2.62. The molecule has 0 aliphatic rings. The van der Waals surface area contributed by atoms with Crippen LogP contribution in [0.3, 0.4) is 0 Å². The lowest BCUT2D eigenvalue weighted by Gasteiger charge is -2.03. The van der Waals surface area contributed by atoms with Crippen molar-refractivity contribution in [3.63, 3.8) is 0 Å². The third kappa shape index (κ3) is 1.54. The molecular weight excluding hydrogens is 282 g/mol. The van der Waals surface area contributed by atoms with E-state index in [1.807, 2.05) is 17.5 Å². The highest BCUT2D eigenvalue weighted by Crippen LogP contribution is 2.37. The number of thiophene rings is 1. The maximum atomic E-state index is 8.64. The first-order valence-corrected chi connectivity index (χ1v) is 6.00. The van der Waals surface area contributed by atoms with Crippen molar-refractivity contribution in [1.82, 2.24) is 0 Å². The lowest BCUT2D eigenvalue weighted by molar-refractivity contribution is 1.27. The Bertz CT molecular complexity index is 527. The summed E-state index contributed by atoms with van der Waals surface area (Å²) in [5.41, 5.74) is 0.881. The molecule has 0 spiro atoms. The first kappa shape index (κ1) is 9.97. The molecule has 0 radical (unpaired) electrons. The van der Waals surface area contributed by atoms with Crippen LogP contribution >= 0.6 is 38.9 Å². The van der Waals surface area contributed by atoms with Crippen LogP contribution in [0.2, 0.25) is 5.02 Å². The van der Waals surface area contributed by atoms with Gasteiger partial charge >= 0.3 is 0 Å². The molecular formula is C10H5BrClNS. The van der Waals surface area contributed by atoms with Gasteiger partial charge in [-0.15, -0.1) is 11.3 Å². The van der Waals surface area contributed by atoms with E-state index in [1.165, 1.54) is 0 Å². The second kappa shape index (κ2) is 3.90. The van der Waals surface area contributed by atoms with E-state index in [0.29, 0.717) is 11.4 Å². The van der Waals surface area contributed by atoms with E-state index in [-0.39, 0.29) is 0 Å². The molecule has 0 saturated carbocycles. The number of benzene rings is 1. The molecule has 0 aliphatic carbocycles. The van der Waals surface area contributed by atoms with Crippen LogP contribution in [0.15, 0.2) is 22.0 Å². The zero-order valence-electron chi connectivity index (χ0n) is 7.05. The van der Waals surface area contributed by atoms with Crippen LogP contribution in [0.4, 0.5) is 0 Å². The summed E-state index contributed by atoms with van der Waals surface area (Å²) in [4.78, 5) is 0. The lowest BCUT2D eigenvalue weighted by atomic mass is 10.1. The fourth-order valence-electron chi connectivity index (χ4n) is 1.32. The second-order valence-electron chi connectivity index (χ2n) is 2.84. The summed E-state index contributed by atoms with van der Waals surface area (Å²) in [6, 6.07) is 6.11. The van der Waals surface area contributed by atoms with Crippen molar-refractivity contribution in [1.29, 1.82) is 5.26 Å². The Balaban J connectivity index is 2.75. The summed E-state index contributed by atoms with van der Waals surface area (Å²) in [5.74, 6) is 0. The fourth-order valence-corrected chi connectivity index (χ4v) is 3.17. The van der Waals surface area contributed by atoms with Crippen molar-refractivity contribution in [2.24, 2.45) is 0 Å². The molecule has 1 nitrogen and oxygen atoms in total. The molecule has 0 amide bonds. The zero-order chi connectivity index (χ0) is 10.1. The Labute approximate surface area is 99.0 Å². The molecule has 70 valence electrons. The Morgan fingerprint density at radius 2 is 2.36 bits per heavy atom. The van der Waals surface area contributed by atoms with Gasteiger partial charge in [0.05, 0.1) is 22.0 Å². The smallest absolute Gasteiger partial charge is 0.0670 e. The van der Waals surface area contributed by atoms with E-state index in [1.54, 1.807) is 11.3 Å². The number of rotatable bonds is 1. The molecule has 2 rings (SSSR count). The maximum Gasteiger partial charge on any atom is 0.0670 e. The van der Waals surface area contributed by atoms with E-state index >= 15 is 0 Å². The number of hydrogen-bond acceptors (Lipinski definition) is 2. The summed E-state index contributed by atoms with van der Waals surface area (Å²) < 4.78 is 2.04. The van der Waals surface area contributed by atoms with Crippen molar-refractivity contribution in [3.05, 3.63) is 32.6 Å². The number of halogens is 2. The fraction of sp³-hybridized carbons (Fsp3) is 0.100. The molecule has 1 heterocycles. The Morgan fingerprint density at radius 3 is 3.07 bits per heavy atom. The lowest BCUT2D eigenvalue weighted by Crippen LogP contribution is -1.84. The maximum absolute atomic E-state index is 8.64. The van der Waals surface area contributed by atoms with Gasteiger partial charge < -0.3 is 0 Å². The molecule has 4 heteroatoms. The number of nitriles is 1. The summed E-state index contributed by atoms with van der Waals surface area (Å²) in [7, 11) is 0. The van der Waals surface area contributed by atoms with Crippen LogP contribution in [-0.2, 0) is 6.42 Å². The molecule has 0 bridgehead atoms. The van der Waals surface area contributed by atoms with Crippen molar-refractivity contribution < 1.29 is 0 Å². The first-order valence-electron chi connectivity index (χ1n) is 3.95. The van der Waals surface area contributed by atoms with Crippen molar-refractivity contribution in [3.8, 4) is 6.07 Å². The van der Waals surface area contributed by atoms with E-state index in [9.17, 15) is 0 Å². The summed E-state index contributed by atoms with van der Waals surface area (Å²) >= 11 is 11.2. The molecule has 0 N–H and O–H groups in total. The van der Waals surface area contributed by atoms with Crippen LogP contribution in [0.25, 0.3) is 10.1 Å². The molecule has 1 aromatic carbocycles.